The predicted octanol–water partition coefficient (Wildman–Crippen LogP) is 4.46. The van der Waals surface area contributed by atoms with Crippen LogP contribution in [-0.4, -0.2) is 5.11 Å². The molecule has 3 aromatic rings. The zero-order chi connectivity index (χ0) is 14.1. The Morgan fingerprint density at radius 1 is 1.00 bits per heavy atom. The highest BCUT2D eigenvalue weighted by Gasteiger charge is 2.13. The third-order valence-electron chi connectivity index (χ3n) is 3.15. The second-order valence-electron chi connectivity index (χ2n) is 4.68. The molecule has 0 spiro atoms. The monoisotopic (exact) mass is 290 g/mol. The summed E-state index contributed by atoms with van der Waals surface area (Å²) < 4.78 is 27.1. The van der Waals surface area contributed by atoms with Gasteiger partial charge in [0, 0.05) is 16.0 Å². The van der Waals surface area contributed by atoms with Crippen LogP contribution in [0.2, 0.25) is 0 Å². The summed E-state index contributed by atoms with van der Waals surface area (Å²) in [7, 11) is 0. The number of halogens is 2. The van der Waals surface area contributed by atoms with Crippen LogP contribution in [0.25, 0.3) is 10.1 Å². The van der Waals surface area contributed by atoms with Gasteiger partial charge in [0.25, 0.3) is 0 Å². The summed E-state index contributed by atoms with van der Waals surface area (Å²) in [5.74, 6) is -0.598. The van der Waals surface area contributed by atoms with Crippen molar-refractivity contribution < 1.29 is 13.9 Å². The van der Waals surface area contributed by atoms with Crippen LogP contribution in [-0.2, 0) is 6.42 Å². The lowest BCUT2D eigenvalue weighted by Gasteiger charge is -2.08. The highest BCUT2D eigenvalue weighted by atomic mass is 32.1. The van der Waals surface area contributed by atoms with Crippen molar-refractivity contribution in [1.82, 2.24) is 0 Å². The minimum Gasteiger partial charge on any atom is -0.387 e. The maximum absolute atomic E-state index is 13.1. The molecule has 4 heteroatoms. The Morgan fingerprint density at radius 2 is 1.80 bits per heavy atom. The number of aliphatic hydroxyl groups is 1. The average Bonchev–Trinajstić information content (AvgIpc) is 2.81. The van der Waals surface area contributed by atoms with Gasteiger partial charge in [0.05, 0.1) is 6.10 Å². The van der Waals surface area contributed by atoms with Crippen LogP contribution >= 0.6 is 11.3 Å². The highest BCUT2D eigenvalue weighted by molar-refractivity contribution is 7.19. The van der Waals surface area contributed by atoms with Crippen molar-refractivity contribution in [2.75, 3.05) is 0 Å². The van der Waals surface area contributed by atoms with Crippen molar-refractivity contribution in [2.45, 2.75) is 12.5 Å². The second-order valence-corrected chi connectivity index (χ2v) is 5.80. The lowest BCUT2D eigenvalue weighted by atomic mass is 10.1. The Hall–Kier alpha value is -1.78. The molecule has 0 bridgehead atoms. The van der Waals surface area contributed by atoms with Crippen LogP contribution in [0.5, 0.6) is 0 Å². The van der Waals surface area contributed by atoms with Gasteiger partial charge in [0.1, 0.15) is 11.6 Å². The molecule has 1 N–H and O–H groups in total. The minimum absolute atomic E-state index is 0.287. The summed E-state index contributed by atoms with van der Waals surface area (Å²) in [4.78, 5) is 0.759. The number of hydrogen-bond donors (Lipinski definition) is 1. The van der Waals surface area contributed by atoms with E-state index >= 15 is 0 Å². The predicted molar refractivity (Wildman–Crippen MR) is 76.8 cm³/mol. The lowest BCUT2D eigenvalue weighted by Crippen LogP contribution is -1.99. The Bertz CT molecular complexity index is 751. The molecule has 102 valence electrons. The fourth-order valence-corrected chi connectivity index (χ4v) is 3.25. The van der Waals surface area contributed by atoms with Crippen molar-refractivity contribution in [1.29, 1.82) is 0 Å². The van der Waals surface area contributed by atoms with E-state index in [1.807, 2.05) is 6.07 Å². The Labute approximate surface area is 119 Å². The van der Waals surface area contributed by atoms with Crippen LogP contribution in [0.1, 0.15) is 16.5 Å². The SMILES string of the molecule is OC(Cc1cccc(F)c1)c1cc2ccc(F)cc2s1. The lowest BCUT2D eigenvalue weighted by molar-refractivity contribution is 0.182. The van der Waals surface area contributed by atoms with E-state index in [2.05, 4.69) is 0 Å². The number of fused-ring (bicyclic) bond motifs is 1. The quantitative estimate of drug-likeness (QED) is 0.755. The molecule has 1 heterocycles. The van der Waals surface area contributed by atoms with Crippen LogP contribution in [0, 0.1) is 11.6 Å². The average molecular weight is 290 g/mol. The Morgan fingerprint density at radius 3 is 2.60 bits per heavy atom. The van der Waals surface area contributed by atoms with Crippen molar-refractivity contribution in [2.24, 2.45) is 0 Å². The fourth-order valence-electron chi connectivity index (χ4n) is 2.18. The molecule has 2 aromatic carbocycles. The number of benzene rings is 2. The van der Waals surface area contributed by atoms with Gasteiger partial charge in [-0.3, -0.25) is 0 Å². The highest BCUT2D eigenvalue weighted by Crippen LogP contribution is 2.32. The second kappa shape index (κ2) is 5.31. The zero-order valence-electron chi connectivity index (χ0n) is 10.5. The molecule has 0 aliphatic carbocycles. The van der Waals surface area contributed by atoms with E-state index in [-0.39, 0.29) is 11.6 Å². The number of thiophene rings is 1. The van der Waals surface area contributed by atoms with Crippen molar-refractivity contribution >= 4 is 21.4 Å². The summed E-state index contributed by atoms with van der Waals surface area (Å²) in [6.45, 7) is 0. The Balaban J connectivity index is 1.86. The van der Waals surface area contributed by atoms with Crippen LogP contribution < -0.4 is 0 Å². The Kier molecular flexibility index (Phi) is 3.51. The molecule has 0 saturated carbocycles. The molecule has 0 radical (unpaired) electrons. The van der Waals surface area contributed by atoms with Crippen LogP contribution in [0.3, 0.4) is 0 Å². The van der Waals surface area contributed by atoms with Crippen molar-refractivity contribution in [3.8, 4) is 0 Å². The maximum atomic E-state index is 13.1. The molecular formula is C16H12F2OS. The topological polar surface area (TPSA) is 20.2 Å². The summed E-state index contributed by atoms with van der Waals surface area (Å²) >= 11 is 1.36. The molecule has 1 aromatic heterocycles. The van der Waals surface area contributed by atoms with E-state index in [0.29, 0.717) is 6.42 Å². The summed E-state index contributed by atoms with van der Waals surface area (Å²) in [5.41, 5.74) is 0.737. The van der Waals surface area contributed by atoms with Gasteiger partial charge in [0.2, 0.25) is 0 Å². The van der Waals surface area contributed by atoms with E-state index < -0.39 is 6.10 Å². The normalized spacial score (nSPS) is 12.8. The summed E-state index contributed by atoms with van der Waals surface area (Å²) in [5, 5.41) is 11.1. The first-order valence-electron chi connectivity index (χ1n) is 6.23. The zero-order valence-corrected chi connectivity index (χ0v) is 11.3. The smallest absolute Gasteiger partial charge is 0.124 e. The minimum atomic E-state index is -0.711. The standard InChI is InChI=1S/C16H12F2OS/c17-12-3-1-2-10(6-12)7-14(19)16-8-11-4-5-13(18)9-15(11)20-16/h1-6,8-9,14,19H,7H2. The first-order chi connectivity index (χ1) is 9.61. The number of rotatable bonds is 3. The van der Waals surface area contributed by atoms with E-state index in [1.54, 1.807) is 18.2 Å². The van der Waals surface area contributed by atoms with Gasteiger partial charge in [-0.2, -0.15) is 0 Å². The molecule has 20 heavy (non-hydrogen) atoms. The molecule has 0 fully saturated rings. The van der Waals surface area contributed by atoms with Gasteiger partial charge in [0.15, 0.2) is 0 Å². The number of hydrogen-bond acceptors (Lipinski definition) is 2. The van der Waals surface area contributed by atoms with E-state index in [1.165, 1.54) is 35.6 Å². The molecule has 0 saturated heterocycles. The largest absolute Gasteiger partial charge is 0.387 e. The van der Waals surface area contributed by atoms with Crippen LogP contribution in [0.15, 0.2) is 48.5 Å². The molecule has 3 rings (SSSR count). The van der Waals surface area contributed by atoms with Gasteiger partial charge >= 0.3 is 0 Å². The fraction of sp³-hybridized carbons (Fsp3) is 0.125. The molecule has 0 aliphatic heterocycles. The molecular weight excluding hydrogens is 278 g/mol. The maximum Gasteiger partial charge on any atom is 0.124 e. The molecule has 1 atom stereocenters. The van der Waals surface area contributed by atoms with E-state index in [0.717, 1.165) is 20.5 Å². The molecule has 0 amide bonds. The van der Waals surface area contributed by atoms with Crippen molar-refractivity contribution in [3.05, 3.63) is 70.6 Å². The van der Waals surface area contributed by atoms with E-state index in [9.17, 15) is 13.9 Å². The van der Waals surface area contributed by atoms with Gasteiger partial charge in [-0.25, -0.2) is 8.78 Å². The third-order valence-corrected chi connectivity index (χ3v) is 4.35. The first-order valence-corrected chi connectivity index (χ1v) is 7.05. The van der Waals surface area contributed by atoms with Gasteiger partial charge in [-0.1, -0.05) is 18.2 Å². The summed E-state index contributed by atoms with van der Waals surface area (Å²) in [6.07, 6.45) is -0.371. The third kappa shape index (κ3) is 2.71. The van der Waals surface area contributed by atoms with Crippen molar-refractivity contribution in [3.63, 3.8) is 0 Å². The molecule has 0 aliphatic rings. The molecule has 1 unspecified atom stereocenters. The van der Waals surface area contributed by atoms with E-state index in [4.69, 9.17) is 0 Å². The van der Waals surface area contributed by atoms with Gasteiger partial charge < -0.3 is 5.11 Å². The first kappa shape index (κ1) is 13.2. The number of aliphatic hydroxyl groups excluding tert-OH is 1. The van der Waals surface area contributed by atoms with Gasteiger partial charge in [-0.05, 0) is 41.3 Å². The van der Waals surface area contributed by atoms with Gasteiger partial charge in [-0.15, -0.1) is 11.3 Å². The summed E-state index contributed by atoms with van der Waals surface area (Å²) in [6, 6.07) is 12.6. The van der Waals surface area contributed by atoms with Crippen LogP contribution in [0.4, 0.5) is 8.78 Å². The molecule has 1 nitrogen and oxygen atoms in total.